The molecule has 0 aliphatic carbocycles. The van der Waals surface area contributed by atoms with Crippen molar-refractivity contribution < 1.29 is 9.53 Å². The van der Waals surface area contributed by atoms with Gasteiger partial charge in [0.15, 0.2) is 0 Å². The molecule has 1 atom stereocenters. The Bertz CT molecular complexity index is 700. The summed E-state index contributed by atoms with van der Waals surface area (Å²) in [5.74, 6) is -0.804. The highest BCUT2D eigenvalue weighted by atomic mass is 16.5. The van der Waals surface area contributed by atoms with E-state index < -0.39 is 5.92 Å². The molecule has 100 valence electrons. The normalized spacial score (nSPS) is 12.4. The Morgan fingerprint density at radius 2 is 1.95 bits per heavy atom. The van der Waals surface area contributed by atoms with Gasteiger partial charge in [0.1, 0.15) is 0 Å². The predicted octanol–water partition coefficient (Wildman–Crippen LogP) is 2.42. The minimum atomic E-state index is -0.462. The summed E-state index contributed by atoms with van der Waals surface area (Å²) in [6.07, 6.45) is 0. The lowest BCUT2D eigenvalue weighted by Crippen LogP contribution is -2.15. The summed E-state index contributed by atoms with van der Waals surface area (Å²) >= 11 is 0. The van der Waals surface area contributed by atoms with Crippen molar-refractivity contribution in [3.05, 3.63) is 45.2 Å². The van der Waals surface area contributed by atoms with Crippen LogP contribution < -0.4 is 5.56 Å². The average molecular weight is 259 g/mol. The number of carbonyl (C=O) groups is 1. The Labute approximate surface area is 111 Å². The van der Waals surface area contributed by atoms with E-state index in [1.165, 1.54) is 13.2 Å². The number of hydrogen-bond acceptors (Lipinski definition) is 3. The van der Waals surface area contributed by atoms with Gasteiger partial charge in [0.2, 0.25) is 5.56 Å². The lowest BCUT2D eigenvalue weighted by Gasteiger charge is -2.14. The third kappa shape index (κ3) is 2.38. The van der Waals surface area contributed by atoms with Crippen molar-refractivity contribution in [3.8, 4) is 0 Å². The minimum Gasteiger partial charge on any atom is -0.469 e. The van der Waals surface area contributed by atoms with Crippen molar-refractivity contribution in [3.63, 3.8) is 0 Å². The molecule has 0 aliphatic rings. The van der Waals surface area contributed by atoms with Crippen LogP contribution in [-0.2, 0) is 9.53 Å². The number of aromatic amines is 1. The highest BCUT2D eigenvalue weighted by Crippen LogP contribution is 2.26. The van der Waals surface area contributed by atoms with Crippen molar-refractivity contribution in [2.75, 3.05) is 7.11 Å². The average Bonchev–Trinajstić information content (AvgIpc) is 2.37. The second kappa shape index (κ2) is 4.88. The van der Waals surface area contributed by atoms with Crippen molar-refractivity contribution in [1.82, 2.24) is 4.98 Å². The molecule has 0 spiro atoms. The van der Waals surface area contributed by atoms with E-state index in [9.17, 15) is 9.59 Å². The van der Waals surface area contributed by atoms with E-state index in [-0.39, 0.29) is 11.5 Å². The first-order valence-electron chi connectivity index (χ1n) is 6.16. The monoisotopic (exact) mass is 259 g/mol. The van der Waals surface area contributed by atoms with Crippen molar-refractivity contribution in [1.29, 1.82) is 0 Å². The maximum Gasteiger partial charge on any atom is 0.312 e. The number of benzene rings is 1. The Morgan fingerprint density at radius 3 is 2.58 bits per heavy atom. The van der Waals surface area contributed by atoms with Crippen LogP contribution in [0, 0.1) is 13.8 Å². The molecule has 2 aromatic rings. The Hall–Kier alpha value is -2.10. The molecule has 0 saturated carbocycles. The summed E-state index contributed by atoms with van der Waals surface area (Å²) in [6, 6.07) is 5.46. The SMILES string of the molecule is COC(=O)C(C)c1cc(=O)[nH]c2c(C)cc(C)cc12. The van der Waals surface area contributed by atoms with Crippen molar-refractivity contribution in [2.24, 2.45) is 0 Å². The van der Waals surface area contributed by atoms with E-state index in [2.05, 4.69) is 4.98 Å². The third-order valence-corrected chi connectivity index (χ3v) is 3.35. The van der Waals surface area contributed by atoms with Gasteiger partial charge in [-0.05, 0) is 38.0 Å². The molecule has 4 heteroatoms. The zero-order valence-corrected chi connectivity index (χ0v) is 11.5. The van der Waals surface area contributed by atoms with Crippen LogP contribution in [0.3, 0.4) is 0 Å². The summed E-state index contributed by atoms with van der Waals surface area (Å²) in [4.78, 5) is 26.3. The highest BCUT2D eigenvalue weighted by Gasteiger charge is 2.19. The molecule has 2 rings (SSSR count). The molecule has 0 fully saturated rings. The van der Waals surface area contributed by atoms with Crippen LogP contribution in [0.25, 0.3) is 10.9 Å². The number of methoxy groups -OCH3 is 1. The van der Waals surface area contributed by atoms with Crippen LogP contribution in [0.1, 0.15) is 29.5 Å². The predicted molar refractivity (Wildman–Crippen MR) is 74.5 cm³/mol. The number of esters is 1. The molecular weight excluding hydrogens is 242 g/mol. The van der Waals surface area contributed by atoms with E-state index in [4.69, 9.17) is 4.74 Å². The second-order valence-electron chi connectivity index (χ2n) is 4.84. The van der Waals surface area contributed by atoms with Gasteiger partial charge in [-0.2, -0.15) is 0 Å². The fourth-order valence-electron chi connectivity index (χ4n) is 2.40. The zero-order valence-electron chi connectivity index (χ0n) is 11.5. The van der Waals surface area contributed by atoms with Crippen molar-refractivity contribution >= 4 is 16.9 Å². The number of pyridine rings is 1. The standard InChI is InChI=1S/C15H17NO3/c1-8-5-9(2)14-12(6-8)11(7-13(17)16-14)10(3)15(18)19-4/h5-7,10H,1-4H3,(H,16,17). The van der Waals surface area contributed by atoms with Gasteiger partial charge in [0, 0.05) is 11.5 Å². The van der Waals surface area contributed by atoms with Gasteiger partial charge in [-0.25, -0.2) is 0 Å². The first-order chi connectivity index (χ1) is 8.93. The molecule has 0 saturated heterocycles. The summed E-state index contributed by atoms with van der Waals surface area (Å²) in [5.41, 5.74) is 3.37. The second-order valence-corrected chi connectivity index (χ2v) is 4.84. The third-order valence-electron chi connectivity index (χ3n) is 3.35. The lowest BCUT2D eigenvalue weighted by molar-refractivity contribution is -0.141. The molecule has 1 N–H and O–H groups in total. The Kier molecular flexibility index (Phi) is 3.42. The van der Waals surface area contributed by atoms with Gasteiger partial charge >= 0.3 is 5.97 Å². The van der Waals surface area contributed by atoms with Crippen molar-refractivity contribution in [2.45, 2.75) is 26.7 Å². The van der Waals surface area contributed by atoms with E-state index in [0.29, 0.717) is 5.56 Å². The molecule has 4 nitrogen and oxygen atoms in total. The minimum absolute atomic E-state index is 0.204. The van der Waals surface area contributed by atoms with E-state index >= 15 is 0 Å². The van der Waals surface area contributed by atoms with Crippen LogP contribution >= 0.6 is 0 Å². The molecule has 1 unspecified atom stereocenters. The largest absolute Gasteiger partial charge is 0.469 e. The number of carbonyl (C=O) groups excluding carboxylic acids is 1. The van der Waals surface area contributed by atoms with E-state index in [1.54, 1.807) is 6.92 Å². The fraction of sp³-hybridized carbons (Fsp3) is 0.333. The number of fused-ring (bicyclic) bond motifs is 1. The smallest absolute Gasteiger partial charge is 0.312 e. The van der Waals surface area contributed by atoms with Crippen LogP contribution in [0.15, 0.2) is 23.0 Å². The van der Waals surface area contributed by atoms with Crippen LogP contribution in [0.2, 0.25) is 0 Å². The summed E-state index contributed by atoms with van der Waals surface area (Å²) in [7, 11) is 1.35. The van der Waals surface area contributed by atoms with E-state index in [1.807, 2.05) is 26.0 Å². The first-order valence-corrected chi connectivity index (χ1v) is 6.16. The number of H-pyrrole nitrogens is 1. The number of hydrogen-bond donors (Lipinski definition) is 1. The Morgan fingerprint density at radius 1 is 1.26 bits per heavy atom. The van der Waals surface area contributed by atoms with Gasteiger partial charge < -0.3 is 9.72 Å². The molecule has 1 aromatic heterocycles. The molecule has 0 amide bonds. The van der Waals surface area contributed by atoms with Gasteiger partial charge in [0.25, 0.3) is 0 Å². The molecule has 1 heterocycles. The molecule has 19 heavy (non-hydrogen) atoms. The number of nitrogens with one attached hydrogen (secondary N) is 1. The topological polar surface area (TPSA) is 59.2 Å². The van der Waals surface area contributed by atoms with Crippen LogP contribution in [0.4, 0.5) is 0 Å². The van der Waals surface area contributed by atoms with E-state index in [0.717, 1.165) is 22.0 Å². The highest BCUT2D eigenvalue weighted by molar-refractivity contribution is 5.90. The lowest BCUT2D eigenvalue weighted by atomic mass is 9.95. The quantitative estimate of drug-likeness (QED) is 0.843. The summed E-state index contributed by atoms with van der Waals surface area (Å²) < 4.78 is 4.76. The van der Waals surface area contributed by atoms with Gasteiger partial charge in [-0.15, -0.1) is 0 Å². The van der Waals surface area contributed by atoms with Gasteiger partial charge in [0.05, 0.1) is 18.5 Å². The molecule has 0 bridgehead atoms. The fourth-order valence-corrected chi connectivity index (χ4v) is 2.40. The first kappa shape index (κ1) is 13.3. The molecular formula is C15H17NO3. The maximum absolute atomic E-state index is 11.7. The number of rotatable bonds is 2. The number of aryl methyl sites for hydroxylation is 2. The maximum atomic E-state index is 11.7. The van der Waals surface area contributed by atoms with Crippen LogP contribution in [-0.4, -0.2) is 18.1 Å². The molecule has 1 aromatic carbocycles. The van der Waals surface area contributed by atoms with Gasteiger partial charge in [-0.3, -0.25) is 9.59 Å². The molecule has 0 aliphatic heterocycles. The zero-order chi connectivity index (χ0) is 14.2. The summed E-state index contributed by atoms with van der Waals surface area (Å²) in [6.45, 7) is 5.68. The van der Waals surface area contributed by atoms with Crippen LogP contribution in [0.5, 0.6) is 0 Å². The number of aromatic nitrogens is 1. The molecule has 0 radical (unpaired) electrons. The number of ether oxygens (including phenoxy) is 1. The van der Waals surface area contributed by atoms with Gasteiger partial charge in [-0.1, -0.05) is 11.6 Å². The Balaban J connectivity index is 2.80. The summed E-state index contributed by atoms with van der Waals surface area (Å²) in [5, 5.41) is 0.898.